The second-order valence-electron chi connectivity index (χ2n) is 4.97. The lowest BCUT2D eigenvalue weighted by Gasteiger charge is -2.01. The Labute approximate surface area is 148 Å². The third kappa shape index (κ3) is 6.13. The first-order chi connectivity index (χ1) is 11.5. The molecule has 0 saturated carbocycles. The molecule has 0 bridgehead atoms. The van der Waals surface area contributed by atoms with Gasteiger partial charge >= 0.3 is 0 Å². The molecule has 126 valence electrons. The molecule has 2 aromatic rings. The van der Waals surface area contributed by atoms with Crippen molar-refractivity contribution in [3.05, 3.63) is 47.0 Å². The Balaban J connectivity index is 1.68. The van der Waals surface area contributed by atoms with Crippen LogP contribution in [0.15, 0.2) is 40.7 Å². The Morgan fingerprint density at radius 2 is 1.96 bits per heavy atom. The van der Waals surface area contributed by atoms with Gasteiger partial charge in [-0.2, -0.15) is 16.8 Å². The summed E-state index contributed by atoms with van der Waals surface area (Å²) in [4.78, 5) is 31.9. The number of guanidine groups is 1. The van der Waals surface area contributed by atoms with Gasteiger partial charge in [-0.3, -0.25) is 9.59 Å². The lowest BCUT2D eigenvalue weighted by atomic mass is 10.1. The van der Waals surface area contributed by atoms with Crippen molar-refractivity contribution in [3.63, 3.8) is 0 Å². The fourth-order valence-electron chi connectivity index (χ4n) is 1.88. The largest absolute Gasteiger partial charge is 0.370 e. The standard InChI is InChI=1S/C16H18N4O2S2/c17-15(18)20-16-19-12(10-24-16)9-23-7-6-13(21)8-14(22)11-4-2-1-3-5-11/h1-5,10H,6-9H2,(H4,17,18,19,20). The van der Waals surface area contributed by atoms with Gasteiger partial charge in [-0.15, -0.1) is 11.3 Å². The van der Waals surface area contributed by atoms with E-state index in [1.54, 1.807) is 36.0 Å². The van der Waals surface area contributed by atoms with Crippen LogP contribution in [0.1, 0.15) is 28.9 Å². The van der Waals surface area contributed by atoms with Crippen LogP contribution in [-0.4, -0.2) is 28.3 Å². The van der Waals surface area contributed by atoms with Crippen molar-refractivity contribution in [2.75, 3.05) is 5.75 Å². The number of aliphatic imine (C=N–C) groups is 1. The van der Waals surface area contributed by atoms with E-state index in [0.717, 1.165) is 5.69 Å². The first kappa shape index (κ1) is 18.2. The minimum absolute atomic E-state index is 0.0165. The van der Waals surface area contributed by atoms with Gasteiger partial charge in [0.05, 0.1) is 12.1 Å². The highest BCUT2D eigenvalue weighted by molar-refractivity contribution is 7.98. The highest BCUT2D eigenvalue weighted by Gasteiger charge is 2.11. The zero-order valence-corrected chi connectivity index (χ0v) is 14.6. The molecule has 0 amide bonds. The molecule has 0 saturated heterocycles. The first-order valence-electron chi connectivity index (χ1n) is 7.26. The fraction of sp³-hybridized carbons (Fsp3) is 0.250. The van der Waals surface area contributed by atoms with Crippen molar-refractivity contribution in [1.29, 1.82) is 0 Å². The molecular weight excluding hydrogens is 344 g/mol. The fourth-order valence-corrected chi connectivity index (χ4v) is 3.57. The van der Waals surface area contributed by atoms with E-state index in [4.69, 9.17) is 11.5 Å². The van der Waals surface area contributed by atoms with Gasteiger partial charge in [0.25, 0.3) is 0 Å². The third-order valence-electron chi connectivity index (χ3n) is 2.99. The summed E-state index contributed by atoms with van der Waals surface area (Å²) >= 11 is 2.96. The van der Waals surface area contributed by atoms with Crippen molar-refractivity contribution in [1.82, 2.24) is 4.98 Å². The molecule has 0 fully saturated rings. The topological polar surface area (TPSA) is 111 Å². The monoisotopic (exact) mass is 362 g/mol. The summed E-state index contributed by atoms with van der Waals surface area (Å²) in [6, 6.07) is 8.86. The third-order valence-corrected chi connectivity index (χ3v) is 4.77. The van der Waals surface area contributed by atoms with Gasteiger partial charge in [0.15, 0.2) is 11.7 Å². The quantitative estimate of drug-likeness (QED) is 0.233. The van der Waals surface area contributed by atoms with Gasteiger partial charge in [0.1, 0.15) is 5.78 Å². The van der Waals surface area contributed by atoms with Gasteiger partial charge in [-0.25, -0.2) is 4.98 Å². The lowest BCUT2D eigenvalue weighted by Crippen LogP contribution is -2.21. The van der Waals surface area contributed by atoms with Crippen LogP contribution in [0.25, 0.3) is 0 Å². The van der Waals surface area contributed by atoms with Crippen molar-refractivity contribution < 1.29 is 9.59 Å². The second kappa shape index (κ2) is 9.19. The molecule has 4 N–H and O–H groups in total. The minimum Gasteiger partial charge on any atom is -0.370 e. The van der Waals surface area contributed by atoms with E-state index in [2.05, 4.69) is 9.98 Å². The van der Waals surface area contributed by atoms with Crippen LogP contribution in [0.3, 0.4) is 0 Å². The van der Waals surface area contributed by atoms with E-state index >= 15 is 0 Å². The molecule has 1 aromatic heterocycles. The van der Waals surface area contributed by atoms with Crippen LogP contribution < -0.4 is 11.5 Å². The predicted octanol–water partition coefficient (Wildman–Crippen LogP) is 2.51. The number of nitrogens with zero attached hydrogens (tertiary/aromatic N) is 2. The number of hydrogen-bond donors (Lipinski definition) is 2. The number of thiazole rings is 1. The molecule has 8 heteroatoms. The molecule has 0 unspecified atom stereocenters. The van der Waals surface area contributed by atoms with Crippen LogP contribution >= 0.6 is 23.1 Å². The molecule has 0 aliphatic heterocycles. The smallest absolute Gasteiger partial charge is 0.212 e. The Morgan fingerprint density at radius 1 is 1.21 bits per heavy atom. The Kier molecular flexibility index (Phi) is 6.95. The summed E-state index contributed by atoms with van der Waals surface area (Å²) in [5.74, 6) is 1.13. The number of ketones is 2. The summed E-state index contributed by atoms with van der Waals surface area (Å²) in [7, 11) is 0. The van der Waals surface area contributed by atoms with Crippen LogP contribution in [0, 0.1) is 0 Å². The number of thioether (sulfide) groups is 1. The summed E-state index contributed by atoms with van der Waals surface area (Å²) in [5, 5.41) is 2.41. The molecule has 0 aliphatic carbocycles. The van der Waals surface area contributed by atoms with Gasteiger partial charge in [0.2, 0.25) is 5.13 Å². The molecule has 0 radical (unpaired) electrons. The predicted molar refractivity (Wildman–Crippen MR) is 98.8 cm³/mol. The highest BCUT2D eigenvalue weighted by atomic mass is 32.2. The normalized spacial score (nSPS) is 10.3. The average molecular weight is 362 g/mol. The zero-order chi connectivity index (χ0) is 17.4. The van der Waals surface area contributed by atoms with Gasteiger partial charge in [0, 0.05) is 28.9 Å². The number of rotatable bonds is 9. The first-order valence-corrected chi connectivity index (χ1v) is 9.30. The number of aromatic nitrogens is 1. The van der Waals surface area contributed by atoms with Crippen molar-refractivity contribution in [2.45, 2.75) is 18.6 Å². The average Bonchev–Trinajstić information content (AvgIpc) is 2.99. The van der Waals surface area contributed by atoms with E-state index in [1.807, 2.05) is 11.4 Å². The number of carbonyl (C=O) groups is 2. The highest BCUT2D eigenvalue weighted by Crippen LogP contribution is 2.22. The summed E-state index contributed by atoms with van der Waals surface area (Å²) in [5.41, 5.74) is 12.0. The molecule has 0 aliphatic rings. The number of Topliss-reactive ketones (excluding diaryl/α,β-unsaturated/α-hetero) is 2. The van der Waals surface area contributed by atoms with Crippen LogP contribution in [0.2, 0.25) is 0 Å². The van der Waals surface area contributed by atoms with Crippen LogP contribution in [-0.2, 0) is 10.5 Å². The number of nitrogens with two attached hydrogens (primary N) is 2. The summed E-state index contributed by atoms with van der Waals surface area (Å²) in [6.07, 6.45) is 0.323. The van der Waals surface area contributed by atoms with E-state index in [9.17, 15) is 9.59 Å². The second-order valence-corrected chi connectivity index (χ2v) is 6.91. The van der Waals surface area contributed by atoms with Crippen LogP contribution in [0.4, 0.5) is 5.13 Å². The minimum atomic E-state index is -0.132. The SMILES string of the molecule is NC(N)=Nc1nc(CSCCC(=O)CC(=O)c2ccccc2)cs1. The summed E-state index contributed by atoms with van der Waals surface area (Å²) < 4.78 is 0. The van der Waals surface area contributed by atoms with E-state index in [0.29, 0.717) is 28.6 Å². The zero-order valence-electron chi connectivity index (χ0n) is 13.0. The Morgan fingerprint density at radius 3 is 2.67 bits per heavy atom. The van der Waals surface area contributed by atoms with Crippen molar-refractivity contribution in [2.24, 2.45) is 16.5 Å². The Bertz CT molecular complexity index is 725. The molecular formula is C16H18N4O2S2. The van der Waals surface area contributed by atoms with E-state index in [-0.39, 0.29) is 23.9 Å². The molecule has 0 atom stereocenters. The van der Waals surface area contributed by atoms with Gasteiger partial charge < -0.3 is 11.5 Å². The maximum atomic E-state index is 11.9. The molecule has 1 heterocycles. The van der Waals surface area contributed by atoms with Crippen molar-refractivity contribution in [3.8, 4) is 0 Å². The summed E-state index contributed by atoms with van der Waals surface area (Å²) in [6.45, 7) is 0. The molecule has 2 rings (SSSR count). The van der Waals surface area contributed by atoms with E-state index < -0.39 is 0 Å². The number of hydrogen-bond acceptors (Lipinski definition) is 6. The molecule has 0 spiro atoms. The number of benzene rings is 1. The number of carbonyl (C=O) groups excluding carboxylic acids is 2. The Hall–Kier alpha value is -2.19. The van der Waals surface area contributed by atoms with Crippen molar-refractivity contribution >= 4 is 45.8 Å². The molecule has 1 aromatic carbocycles. The lowest BCUT2D eigenvalue weighted by molar-refractivity contribution is -0.117. The van der Waals surface area contributed by atoms with Gasteiger partial charge in [-0.05, 0) is 0 Å². The van der Waals surface area contributed by atoms with E-state index in [1.165, 1.54) is 11.3 Å². The maximum Gasteiger partial charge on any atom is 0.212 e. The van der Waals surface area contributed by atoms with Crippen LogP contribution in [0.5, 0.6) is 0 Å². The maximum absolute atomic E-state index is 11.9. The molecule has 6 nitrogen and oxygen atoms in total. The van der Waals surface area contributed by atoms with Gasteiger partial charge in [-0.1, -0.05) is 30.3 Å². The molecule has 24 heavy (non-hydrogen) atoms.